The molecule has 0 unspecified atom stereocenters. The van der Waals surface area contributed by atoms with Gasteiger partial charge in [0.15, 0.2) is 5.13 Å². The zero-order chi connectivity index (χ0) is 13.1. The Morgan fingerprint density at radius 3 is 2.78 bits per heavy atom. The van der Waals surface area contributed by atoms with Crippen molar-refractivity contribution in [2.24, 2.45) is 0 Å². The molecule has 2 aromatic rings. The summed E-state index contributed by atoms with van der Waals surface area (Å²) in [6.45, 7) is 0. The number of anilines is 1. The lowest BCUT2D eigenvalue weighted by molar-refractivity contribution is 0.0687. The van der Waals surface area contributed by atoms with Gasteiger partial charge >= 0.3 is 5.97 Å². The molecule has 5 nitrogen and oxygen atoms in total. The number of rotatable bonds is 3. The molecule has 2 N–H and O–H groups in total. The van der Waals surface area contributed by atoms with Gasteiger partial charge in [-0.25, -0.2) is 14.2 Å². The van der Waals surface area contributed by atoms with Crippen LogP contribution in [-0.2, 0) is 0 Å². The SMILES string of the molecule is O=C(Nc1nccs1)c1cccc(F)c1C(=O)O. The van der Waals surface area contributed by atoms with Gasteiger partial charge in [0.2, 0.25) is 0 Å². The maximum atomic E-state index is 13.4. The van der Waals surface area contributed by atoms with Gasteiger partial charge in [-0.1, -0.05) is 6.07 Å². The first kappa shape index (κ1) is 12.2. The lowest BCUT2D eigenvalue weighted by atomic mass is 10.1. The van der Waals surface area contributed by atoms with E-state index in [1.807, 2.05) is 0 Å². The quantitative estimate of drug-likeness (QED) is 0.892. The van der Waals surface area contributed by atoms with E-state index in [4.69, 9.17) is 5.11 Å². The largest absolute Gasteiger partial charge is 0.478 e. The number of carboxylic acids is 1. The molecule has 0 saturated heterocycles. The zero-order valence-electron chi connectivity index (χ0n) is 8.88. The fourth-order valence-corrected chi connectivity index (χ4v) is 1.90. The van der Waals surface area contributed by atoms with E-state index in [0.717, 1.165) is 6.07 Å². The van der Waals surface area contributed by atoms with Crippen molar-refractivity contribution in [2.75, 3.05) is 5.32 Å². The highest BCUT2D eigenvalue weighted by Gasteiger charge is 2.20. The maximum absolute atomic E-state index is 13.4. The number of thiazole rings is 1. The fourth-order valence-electron chi connectivity index (χ4n) is 1.38. The maximum Gasteiger partial charge on any atom is 0.339 e. The highest BCUT2D eigenvalue weighted by atomic mass is 32.1. The van der Waals surface area contributed by atoms with E-state index in [0.29, 0.717) is 5.13 Å². The molecule has 92 valence electrons. The number of benzene rings is 1. The van der Waals surface area contributed by atoms with Gasteiger partial charge in [0.1, 0.15) is 11.4 Å². The summed E-state index contributed by atoms with van der Waals surface area (Å²) in [5, 5.41) is 13.3. The van der Waals surface area contributed by atoms with Crippen molar-refractivity contribution in [1.82, 2.24) is 4.98 Å². The molecule has 2 rings (SSSR count). The van der Waals surface area contributed by atoms with Gasteiger partial charge in [0.05, 0.1) is 5.56 Å². The summed E-state index contributed by atoms with van der Waals surface area (Å²) in [6.07, 6.45) is 1.49. The minimum atomic E-state index is -1.49. The smallest absolute Gasteiger partial charge is 0.339 e. The molecule has 0 saturated carbocycles. The van der Waals surface area contributed by atoms with Crippen LogP contribution in [0.2, 0.25) is 0 Å². The van der Waals surface area contributed by atoms with Gasteiger partial charge in [-0.15, -0.1) is 11.3 Å². The average Bonchev–Trinajstić information content (AvgIpc) is 2.80. The number of halogens is 1. The minimum Gasteiger partial charge on any atom is -0.478 e. The minimum absolute atomic E-state index is 0.238. The summed E-state index contributed by atoms with van der Waals surface area (Å²) in [6, 6.07) is 3.51. The molecule has 1 amide bonds. The molecule has 1 aromatic heterocycles. The van der Waals surface area contributed by atoms with Crippen molar-refractivity contribution >= 4 is 28.3 Å². The van der Waals surface area contributed by atoms with Crippen molar-refractivity contribution < 1.29 is 19.1 Å². The van der Waals surface area contributed by atoms with Crippen LogP contribution in [0, 0.1) is 5.82 Å². The molecule has 0 bridgehead atoms. The van der Waals surface area contributed by atoms with E-state index in [9.17, 15) is 14.0 Å². The first-order valence-corrected chi connectivity index (χ1v) is 5.70. The number of carbonyl (C=O) groups excluding carboxylic acids is 1. The number of nitrogens with zero attached hydrogens (tertiary/aromatic N) is 1. The van der Waals surface area contributed by atoms with E-state index >= 15 is 0 Å². The van der Waals surface area contributed by atoms with Crippen LogP contribution in [0.25, 0.3) is 0 Å². The Bertz CT molecular complexity index is 598. The number of hydrogen-bond acceptors (Lipinski definition) is 4. The Balaban J connectivity index is 2.36. The molecule has 1 aromatic carbocycles. The number of aromatic carboxylic acids is 1. The third-order valence-corrected chi connectivity index (χ3v) is 2.81. The molecule has 0 aliphatic carbocycles. The number of hydrogen-bond donors (Lipinski definition) is 2. The summed E-state index contributed by atoms with van der Waals surface area (Å²) in [5.74, 6) is -3.14. The van der Waals surface area contributed by atoms with Crippen LogP contribution < -0.4 is 5.32 Å². The predicted molar refractivity (Wildman–Crippen MR) is 63.4 cm³/mol. The molecule has 0 spiro atoms. The number of aromatic nitrogens is 1. The van der Waals surface area contributed by atoms with Crippen LogP contribution in [0.15, 0.2) is 29.8 Å². The molecule has 0 aliphatic rings. The van der Waals surface area contributed by atoms with E-state index in [2.05, 4.69) is 10.3 Å². The summed E-state index contributed by atoms with van der Waals surface area (Å²) in [7, 11) is 0. The van der Waals surface area contributed by atoms with Gasteiger partial charge in [-0.2, -0.15) is 0 Å². The molecule has 18 heavy (non-hydrogen) atoms. The molecule has 0 atom stereocenters. The van der Waals surface area contributed by atoms with E-state index in [1.165, 1.54) is 29.7 Å². The molecule has 7 heteroatoms. The van der Waals surface area contributed by atoms with Crippen molar-refractivity contribution in [2.45, 2.75) is 0 Å². The summed E-state index contributed by atoms with van der Waals surface area (Å²) < 4.78 is 13.4. The monoisotopic (exact) mass is 266 g/mol. The Morgan fingerprint density at radius 1 is 1.39 bits per heavy atom. The van der Waals surface area contributed by atoms with Crippen LogP contribution in [0.1, 0.15) is 20.7 Å². The standard InChI is InChI=1S/C11H7FN2O3S/c12-7-3-1-2-6(8(7)10(16)17)9(15)14-11-13-4-5-18-11/h1-5H,(H,16,17)(H,13,14,15). The lowest BCUT2D eigenvalue weighted by Crippen LogP contribution is -2.17. The van der Waals surface area contributed by atoms with Gasteiger partial charge in [0, 0.05) is 11.6 Å². The van der Waals surface area contributed by atoms with Gasteiger partial charge in [-0.3, -0.25) is 10.1 Å². The Hall–Kier alpha value is -2.28. The van der Waals surface area contributed by atoms with Crippen LogP contribution in [0.5, 0.6) is 0 Å². The summed E-state index contributed by atoms with van der Waals surface area (Å²) in [5.41, 5.74) is -0.885. The van der Waals surface area contributed by atoms with Gasteiger partial charge in [-0.05, 0) is 12.1 Å². The summed E-state index contributed by atoms with van der Waals surface area (Å²) >= 11 is 1.18. The normalized spacial score (nSPS) is 10.1. The van der Waals surface area contributed by atoms with Crippen LogP contribution in [0.3, 0.4) is 0 Å². The number of amides is 1. The van der Waals surface area contributed by atoms with Crippen molar-refractivity contribution in [1.29, 1.82) is 0 Å². The Labute approximate surface area is 105 Å². The topological polar surface area (TPSA) is 79.3 Å². The van der Waals surface area contributed by atoms with Crippen molar-refractivity contribution in [3.63, 3.8) is 0 Å². The zero-order valence-corrected chi connectivity index (χ0v) is 9.70. The number of nitrogens with one attached hydrogen (secondary N) is 1. The Morgan fingerprint density at radius 2 is 2.17 bits per heavy atom. The second kappa shape index (κ2) is 4.92. The lowest BCUT2D eigenvalue weighted by Gasteiger charge is -2.06. The fraction of sp³-hybridized carbons (Fsp3) is 0. The van der Waals surface area contributed by atoms with E-state index in [-0.39, 0.29) is 5.56 Å². The van der Waals surface area contributed by atoms with Crippen molar-refractivity contribution in [3.05, 3.63) is 46.7 Å². The first-order valence-electron chi connectivity index (χ1n) is 4.82. The van der Waals surface area contributed by atoms with Crippen molar-refractivity contribution in [3.8, 4) is 0 Å². The second-order valence-electron chi connectivity index (χ2n) is 3.26. The third-order valence-electron chi connectivity index (χ3n) is 2.12. The van der Waals surface area contributed by atoms with Gasteiger partial charge in [0.25, 0.3) is 5.91 Å². The molecule has 0 fully saturated rings. The third kappa shape index (κ3) is 2.35. The average molecular weight is 266 g/mol. The molecular formula is C11H7FN2O3S. The molecular weight excluding hydrogens is 259 g/mol. The highest BCUT2D eigenvalue weighted by Crippen LogP contribution is 2.17. The number of carboxylic acid groups (broad SMARTS) is 1. The highest BCUT2D eigenvalue weighted by molar-refractivity contribution is 7.13. The predicted octanol–water partition coefficient (Wildman–Crippen LogP) is 2.23. The van der Waals surface area contributed by atoms with Crippen LogP contribution in [-0.4, -0.2) is 22.0 Å². The van der Waals surface area contributed by atoms with Gasteiger partial charge < -0.3 is 5.11 Å². The molecule has 1 heterocycles. The Kier molecular flexibility index (Phi) is 3.33. The molecule has 0 aliphatic heterocycles. The van der Waals surface area contributed by atoms with E-state index in [1.54, 1.807) is 5.38 Å². The molecule has 0 radical (unpaired) electrons. The first-order chi connectivity index (χ1) is 8.59. The second-order valence-corrected chi connectivity index (χ2v) is 4.15. The van der Waals surface area contributed by atoms with Crippen LogP contribution in [0.4, 0.5) is 9.52 Å². The van der Waals surface area contributed by atoms with Crippen LogP contribution >= 0.6 is 11.3 Å². The number of carbonyl (C=O) groups is 2. The van der Waals surface area contributed by atoms with E-state index < -0.39 is 23.3 Å². The summed E-state index contributed by atoms with van der Waals surface area (Å²) in [4.78, 5) is 26.6.